The number of nitrogens with zero attached hydrogens (tertiary/aromatic N) is 3. The summed E-state index contributed by atoms with van der Waals surface area (Å²) in [6.45, 7) is -0.408. The standard InChI is InChI=1S/C21H16BrClN4O4S/c1-25-15-6-3-11(7-16(15)26(2)20(25)30)8-17-19(29)27(21(31)32-17)10-18(28)24-12-4-5-14(23)13(22)9-12/h3-9H,10H2,1-2H3,(H,24,28). The zero-order valence-electron chi connectivity index (χ0n) is 16.9. The number of hydrogen-bond donors (Lipinski definition) is 1. The van der Waals surface area contributed by atoms with Crippen LogP contribution in [0.4, 0.5) is 10.5 Å². The Balaban J connectivity index is 1.52. The third-order valence-electron chi connectivity index (χ3n) is 4.97. The topological polar surface area (TPSA) is 93.4 Å². The second-order valence-corrected chi connectivity index (χ2v) is 9.35. The van der Waals surface area contributed by atoms with Gasteiger partial charge in [0.25, 0.3) is 11.1 Å². The van der Waals surface area contributed by atoms with Gasteiger partial charge in [0, 0.05) is 24.3 Å². The summed E-state index contributed by atoms with van der Waals surface area (Å²) in [5.74, 6) is -1.06. The van der Waals surface area contributed by atoms with Gasteiger partial charge in [0.15, 0.2) is 0 Å². The van der Waals surface area contributed by atoms with Crippen LogP contribution in [-0.4, -0.2) is 37.6 Å². The summed E-state index contributed by atoms with van der Waals surface area (Å²) < 4.78 is 3.65. The molecule has 164 valence electrons. The second-order valence-electron chi connectivity index (χ2n) is 7.09. The van der Waals surface area contributed by atoms with E-state index in [9.17, 15) is 19.2 Å². The Bertz CT molecular complexity index is 1390. The minimum Gasteiger partial charge on any atom is -0.324 e. The maximum Gasteiger partial charge on any atom is 0.328 e. The Hall–Kier alpha value is -2.82. The molecule has 0 spiro atoms. The number of hydrogen-bond acceptors (Lipinski definition) is 5. The molecular weight excluding hydrogens is 520 g/mol. The zero-order chi connectivity index (χ0) is 23.2. The quantitative estimate of drug-likeness (QED) is 0.511. The molecule has 1 saturated heterocycles. The number of anilines is 1. The predicted octanol–water partition coefficient (Wildman–Crippen LogP) is 3.97. The van der Waals surface area contributed by atoms with Crippen LogP contribution < -0.4 is 11.0 Å². The van der Waals surface area contributed by atoms with E-state index in [1.165, 1.54) is 9.13 Å². The molecule has 0 radical (unpaired) electrons. The van der Waals surface area contributed by atoms with Crippen LogP contribution in [0.15, 0.2) is 50.6 Å². The molecule has 1 N–H and O–H groups in total. The highest BCUT2D eigenvalue weighted by molar-refractivity contribution is 9.10. The normalized spacial score (nSPS) is 15.2. The number of amides is 3. The van der Waals surface area contributed by atoms with Crippen molar-refractivity contribution in [1.29, 1.82) is 0 Å². The van der Waals surface area contributed by atoms with Crippen LogP contribution in [0.25, 0.3) is 17.1 Å². The smallest absolute Gasteiger partial charge is 0.324 e. The molecule has 11 heteroatoms. The Kier molecular flexibility index (Phi) is 6.02. The van der Waals surface area contributed by atoms with Gasteiger partial charge >= 0.3 is 5.69 Å². The third-order valence-corrected chi connectivity index (χ3v) is 7.09. The highest BCUT2D eigenvalue weighted by Crippen LogP contribution is 2.32. The Morgan fingerprint density at radius 1 is 1.09 bits per heavy atom. The van der Waals surface area contributed by atoms with Crippen molar-refractivity contribution in [3.05, 3.63) is 66.8 Å². The molecule has 0 saturated carbocycles. The molecule has 2 heterocycles. The molecule has 1 aromatic heterocycles. The van der Waals surface area contributed by atoms with Crippen LogP contribution >= 0.6 is 39.3 Å². The highest BCUT2D eigenvalue weighted by Gasteiger charge is 2.36. The first-order valence-electron chi connectivity index (χ1n) is 9.31. The molecule has 0 unspecified atom stereocenters. The lowest BCUT2D eigenvalue weighted by atomic mass is 10.2. The number of halogens is 2. The van der Waals surface area contributed by atoms with Crippen molar-refractivity contribution >= 4 is 79.1 Å². The van der Waals surface area contributed by atoms with Gasteiger partial charge < -0.3 is 5.32 Å². The van der Waals surface area contributed by atoms with Crippen LogP contribution in [0.1, 0.15) is 5.56 Å². The first kappa shape index (κ1) is 22.4. The summed E-state index contributed by atoms with van der Waals surface area (Å²) in [7, 11) is 3.35. The zero-order valence-corrected chi connectivity index (χ0v) is 20.0. The molecule has 32 heavy (non-hydrogen) atoms. The Morgan fingerprint density at radius 3 is 2.53 bits per heavy atom. The van der Waals surface area contributed by atoms with Gasteiger partial charge in [-0.25, -0.2) is 4.79 Å². The number of imide groups is 1. The van der Waals surface area contributed by atoms with Crippen molar-refractivity contribution in [2.45, 2.75) is 0 Å². The lowest BCUT2D eigenvalue weighted by molar-refractivity contribution is -0.127. The van der Waals surface area contributed by atoms with E-state index in [1.54, 1.807) is 56.6 Å². The molecule has 2 aromatic carbocycles. The number of aromatic nitrogens is 2. The number of imidazole rings is 1. The van der Waals surface area contributed by atoms with E-state index in [0.29, 0.717) is 26.3 Å². The fourth-order valence-electron chi connectivity index (χ4n) is 3.32. The maximum absolute atomic E-state index is 12.7. The third kappa shape index (κ3) is 4.13. The van der Waals surface area contributed by atoms with E-state index < -0.39 is 23.6 Å². The molecule has 0 aliphatic carbocycles. The van der Waals surface area contributed by atoms with Crippen molar-refractivity contribution in [3.8, 4) is 0 Å². The van der Waals surface area contributed by atoms with Crippen LogP contribution in [0.5, 0.6) is 0 Å². The lowest BCUT2D eigenvalue weighted by Crippen LogP contribution is -2.36. The van der Waals surface area contributed by atoms with E-state index in [-0.39, 0.29) is 10.6 Å². The molecule has 0 atom stereocenters. The number of carbonyl (C=O) groups excluding carboxylic acids is 3. The van der Waals surface area contributed by atoms with Crippen molar-refractivity contribution in [3.63, 3.8) is 0 Å². The van der Waals surface area contributed by atoms with Crippen molar-refractivity contribution in [2.75, 3.05) is 11.9 Å². The summed E-state index contributed by atoms with van der Waals surface area (Å²) in [6.07, 6.45) is 1.58. The number of carbonyl (C=O) groups is 3. The number of fused-ring (bicyclic) bond motifs is 1. The lowest BCUT2D eigenvalue weighted by Gasteiger charge is -2.12. The van der Waals surface area contributed by atoms with E-state index in [1.807, 2.05) is 0 Å². The SMILES string of the molecule is Cn1c(=O)n(C)c2cc(C=C3SC(=O)N(CC(=O)Nc4ccc(Cl)c(Br)c4)C3=O)ccc21. The van der Waals surface area contributed by atoms with E-state index in [0.717, 1.165) is 22.2 Å². The van der Waals surface area contributed by atoms with Gasteiger partial charge in [-0.2, -0.15) is 0 Å². The van der Waals surface area contributed by atoms with Gasteiger partial charge in [-0.05, 0) is 69.7 Å². The van der Waals surface area contributed by atoms with E-state index in [2.05, 4.69) is 21.2 Å². The van der Waals surface area contributed by atoms with Gasteiger partial charge in [0.05, 0.1) is 21.0 Å². The molecule has 1 aliphatic rings. The summed E-state index contributed by atoms with van der Waals surface area (Å²) in [5, 5.41) is 2.61. The molecule has 8 nitrogen and oxygen atoms in total. The number of aryl methyl sites for hydroxylation is 2. The summed E-state index contributed by atoms with van der Waals surface area (Å²) in [4.78, 5) is 50.7. The largest absolute Gasteiger partial charge is 0.328 e. The summed E-state index contributed by atoms with van der Waals surface area (Å²) in [5.41, 5.74) is 2.46. The van der Waals surface area contributed by atoms with Crippen LogP contribution in [0, 0.1) is 0 Å². The highest BCUT2D eigenvalue weighted by atomic mass is 79.9. The number of rotatable bonds is 4. The van der Waals surface area contributed by atoms with E-state index in [4.69, 9.17) is 11.6 Å². The predicted molar refractivity (Wildman–Crippen MR) is 129 cm³/mol. The first-order valence-corrected chi connectivity index (χ1v) is 11.3. The number of thioether (sulfide) groups is 1. The molecule has 1 fully saturated rings. The van der Waals surface area contributed by atoms with Gasteiger partial charge in [0.1, 0.15) is 6.54 Å². The molecule has 1 aliphatic heterocycles. The number of nitrogens with one attached hydrogen (secondary N) is 1. The van der Waals surface area contributed by atoms with Gasteiger partial charge in [-0.3, -0.25) is 28.4 Å². The monoisotopic (exact) mass is 534 g/mol. The number of benzene rings is 2. The van der Waals surface area contributed by atoms with Gasteiger partial charge in [-0.15, -0.1) is 0 Å². The van der Waals surface area contributed by atoms with Crippen LogP contribution in [0.3, 0.4) is 0 Å². The van der Waals surface area contributed by atoms with Crippen molar-refractivity contribution < 1.29 is 14.4 Å². The second kappa shape index (κ2) is 8.61. The molecule has 3 aromatic rings. The Labute approximate surface area is 199 Å². The van der Waals surface area contributed by atoms with Crippen molar-refractivity contribution in [2.24, 2.45) is 14.1 Å². The van der Waals surface area contributed by atoms with Crippen LogP contribution in [-0.2, 0) is 23.7 Å². The van der Waals surface area contributed by atoms with Gasteiger partial charge in [0.2, 0.25) is 5.91 Å². The maximum atomic E-state index is 12.7. The summed E-state index contributed by atoms with van der Waals surface area (Å²) >= 11 is 9.98. The first-order chi connectivity index (χ1) is 15.2. The van der Waals surface area contributed by atoms with E-state index >= 15 is 0 Å². The van der Waals surface area contributed by atoms with Crippen molar-refractivity contribution in [1.82, 2.24) is 14.0 Å². The fraction of sp³-hybridized carbons (Fsp3) is 0.143. The van der Waals surface area contributed by atoms with Crippen LogP contribution in [0.2, 0.25) is 5.02 Å². The minimum absolute atomic E-state index is 0.156. The Morgan fingerprint density at radius 2 is 1.81 bits per heavy atom. The molecule has 4 rings (SSSR count). The fourth-order valence-corrected chi connectivity index (χ4v) is 4.65. The van der Waals surface area contributed by atoms with Gasteiger partial charge in [-0.1, -0.05) is 17.7 Å². The molecule has 3 amide bonds. The molecule has 0 bridgehead atoms. The summed E-state index contributed by atoms with van der Waals surface area (Å²) in [6, 6.07) is 10.2. The average molecular weight is 536 g/mol. The average Bonchev–Trinajstić information content (AvgIpc) is 3.13. The minimum atomic E-state index is -0.547. The molecular formula is C21H16BrClN4O4S.